The number of piperidine rings is 1. The number of hydrogen-bond acceptors (Lipinski definition) is 4. The number of Topliss-reactive ketones (excluding diaryl/α,β-unsaturated/α-hetero) is 1. The van der Waals surface area contributed by atoms with Crippen molar-refractivity contribution in [1.82, 2.24) is 4.90 Å². The molecule has 0 spiro atoms. The fourth-order valence-electron chi connectivity index (χ4n) is 5.28. The van der Waals surface area contributed by atoms with E-state index in [9.17, 15) is 14.9 Å². The summed E-state index contributed by atoms with van der Waals surface area (Å²) in [5.41, 5.74) is 2.24. The monoisotopic (exact) mass is 414 g/mol. The average Bonchev–Trinajstić information content (AvgIpc) is 3.57. The minimum absolute atomic E-state index is 0.0630. The van der Waals surface area contributed by atoms with E-state index >= 15 is 0 Å². The Morgan fingerprint density at radius 3 is 2.39 bits per heavy atom. The summed E-state index contributed by atoms with van der Waals surface area (Å²) in [5.74, 6) is 0.0629. The molecule has 31 heavy (non-hydrogen) atoms. The van der Waals surface area contributed by atoms with Gasteiger partial charge in [-0.1, -0.05) is 48.5 Å². The summed E-state index contributed by atoms with van der Waals surface area (Å²) in [5, 5.41) is 9.48. The first-order valence-corrected chi connectivity index (χ1v) is 11.1. The fraction of sp³-hybridized carbons (Fsp3) is 0.423. The molecular weight excluding hydrogens is 388 g/mol. The van der Waals surface area contributed by atoms with Crippen molar-refractivity contribution in [1.29, 1.82) is 5.26 Å². The lowest BCUT2D eigenvalue weighted by atomic mass is 9.84. The first kappa shape index (κ1) is 19.8. The summed E-state index contributed by atoms with van der Waals surface area (Å²) in [6.45, 7) is 0.269. The third-order valence-electron chi connectivity index (χ3n) is 7.18. The van der Waals surface area contributed by atoms with Gasteiger partial charge in [-0.25, -0.2) is 4.79 Å². The van der Waals surface area contributed by atoms with Gasteiger partial charge >= 0.3 is 6.09 Å². The Morgan fingerprint density at radius 1 is 1.03 bits per heavy atom. The number of nitrogens with zero attached hydrogens (tertiary/aromatic N) is 2. The second-order valence-corrected chi connectivity index (χ2v) is 9.14. The van der Waals surface area contributed by atoms with Gasteiger partial charge in [-0.15, -0.1) is 0 Å². The number of fused-ring (bicyclic) bond motifs is 2. The molecule has 3 aliphatic rings. The van der Waals surface area contributed by atoms with Crippen molar-refractivity contribution in [3.63, 3.8) is 0 Å². The van der Waals surface area contributed by atoms with Crippen LogP contribution in [0.4, 0.5) is 4.79 Å². The van der Waals surface area contributed by atoms with Crippen LogP contribution in [0.1, 0.15) is 60.0 Å². The Kier molecular flexibility index (Phi) is 5.02. The van der Waals surface area contributed by atoms with Crippen molar-refractivity contribution in [2.24, 2.45) is 5.92 Å². The van der Waals surface area contributed by atoms with E-state index in [1.165, 1.54) is 0 Å². The van der Waals surface area contributed by atoms with E-state index in [0.717, 1.165) is 36.8 Å². The Labute approximate surface area is 182 Å². The van der Waals surface area contributed by atoms with Crippen molar-refractivity contribution in [2.75, 3.05) is 0 Å². The van der Waals surface area contributed by atoms with Crippen molar-refractivity contribution in [3.05, 3.63) is 71.3 Å². The van der Waals surface area contributed by atoms with Gasteiger partial charge in [0.05, 0.1) is 11.5 Å². The maximum absolute atomic E-state index is 13.3. The highest BCUT2D eigenvalue weighted by atomic mass is 16.6. The normalized spacial score (nSPS) is 25.5. The van der Waals surface area contributed by atoms with Crippen LogP contribution < -0.4 is 0 Å². The SMILES string of the molecule is N#CC1(c2cccc(C(=O)C3CC4CCC(C3)N4C(=O)OCc3ccccc3)c2)CC1. The molecular formula is C26H26N2O3. The number of ketones is 1. The summed E-state index contributed by atoms with van der Waals surface area (Å²) in [4.78, 5) is 27.9. The standard InChI is InChI=1S/C26H26N2O3/c27-17-26(11-12-26)21-8-4-7-19(13-21)24(29)20-14-22-9-10-23(15-20)28(22)25(30)31-16-18-5-2-1-3-6-18/h1-8,13,20,22-23H,9-12,14-16H2. The van der Waals surface area contributed by atoms with Crippen LogP contribution >= 0.6 is 0 Å². The molecule has 0 radical (unpaired) electrons. The number of nitriles is 1. The smallest absolute Gasteiger partial charge is 0.410 e. The Morgan fingerprint density at radius 2 is 1.74 bits per heavy atom. The zero-order valence-electron chi connectivity index (χ0n) is 17.5. The van der Waals surface area contributed by atoms with Gasteiger partial charge in [0.1, 0.15) is 6.61 Å². The predicted octanol–water partition coefficient (Wildman–Crippen LogP) is 5.00. The van der Waals surface area contributed by atoms with Crippen molar-refractivity contribution in [2.45, 2.75) is 62.6 Å². The maximum atomic E-state index is 13.3. The minimum atomic E-state index is -0.388. The van der Waals surface area contributed by atoms with Gasteiger partial charge < -0.3 is 9.64 Å². The molecule has 1 amide bonds. The molecule has 2 aromatic rings. The molecule has 158 valence electrons. The number of amides is 1. The number of ether oxygens (including phenoxy) is 1. The number of carbonyl (C=O) groups is 2. The van der Waals surface area contributed by atoms with E-state index in [0.29, 0.717) is 18.4 Å². The highest BCUT2D eigenvalue weighted by Crippen LogP contribution is 2.48. The van der Waals surface area contributed by atoms with Crippen molar-refractivity contribution < 1.29 is 14.3 Å². The predicted molar refractivity (Wildman–Crippen MR) is 115 cm³/mol. The highest BCUT2D eigenvalue weighted by molar-refractivity contribution is 5.98. The number of carbonyl (C=O) groups excluding carboxylic acids is 2. The van der Waals surface area contributed by atoms with E-state index in [1.807, 2.05) is 59.5 Å². The van der Waals surface area contributed by atoms with Crippen LogP contribution in [0.15, 0.2) is 54.6 Å². The van der Waals surface area contributed by atoms with Crippen LogP contribution in [-0.2, 0) is 16.8 Å². The highest BCUT2D eigenvalue weighted by Gasteiger charge is 2.47. The fourth-order valence-corrected chi connectivity index (χ4v) is 5.28. The van der Waals surface area contributed by atoms with E-state index in [1.54, 1.807) is 0 Å². The third-order valence-corrected chi connectivity index (χ3v) is 7.18. The molecule has 2 aliphatic heterocycles. The molecule has 5 heteroatoms. The quantitative estimate of drug-likeness (QED) is 0.645. The number of hydrogen-bond donors (Lipinski definition) is 0. The lowest BCUT2D eigenvalue weighted by Crippen LogP contribution is -2.48. The van der Waals surface area contributed by atoms with E-state index in [2.05, 4.69) is 6.07 Å². The van der Waals surface area contributed by atoms with Crippen LogP contribution in [0.2, 0.25) is 0 Å². The number of rotatable bonds is 5. The zero-order valence-corrected chi connectivity index (χ0v) is 17.5. The minimum Gasteiger partial charge on any atom is -0.445 e. The zero-order chi connectivity index (χ0) is 21.4. The summed E-state index contributed by atoms with van der Waals surface area (Å²) in [7, 11) is 0. The largest absolute Gasteiger partial charge is 0.445 e. The van der Waals surface area contributed by atoms with Gasteiger partial charge in [-0.3, -0.25) is 4.79 Å². The van der Waals surface area contributed by atoms with Crippen LogP contribution in [0.3, 0.4) is 0 Å². The molecule has 5 nitrogen and oxygen atoms in total. The molecule has 1 saturated carbocycles. The van der Waals surface area contributed by atoms with Gasteiger partial charge in [-0.05, 0) is 55.7 Å². The summed E-state index contributed by atoms with van der Waals surface area (Å²) in [6.07, 6.45) is 4.68. The molecule has 5 rings (SSSR count). The van der Waals surface area contributed by atoms with Gasteiger partial charge in [0.2, 0.25) is 0 Å². The first-order valence-electron chi connectivity index (χ1n) is 11.1. The molecule has 2 bridgehead atoms. The number of benzene rings is 2. The van der Waals surface area contributed by atoms with Crippen molar-refractivity contribution in [3.8, 4) is 6.07 Å². The topological polar surface area (TPSA) is 70.4 Å². The lowest BCUT2D eigenvalue weighted by Gasteiger charge is -2.37. The van der Waals surface area contributed by atoms with Crippen LogP contribution in [0, 0.1) is 17.2 Å². The van der Waals surface area contributed by atoms with E-state index < -0.39 is 0 Å². The maximum Gasteiger partial charge on any atom is 0.410 e. The molecule has 0 N–H and O–H groups in total. The van der Waals surface area contributed by atoms with Gasteiger partial charge in [0.25, 0.3) is 0 Å². The molecule has 2 saturated heterocycles. The Bertz CT molecular complexity index is 1020. The van der Waals surface area contributed by atoms with Gasteiger partial charge in [0.15, 0.2) is 5.78 Å². The lowest BCUT2D eigenvalue weighted by molar-refractivity contribution is 0.0485. The van der Waals surface area contributed by atoms with Crippen molar-refractivity contribution >= 4 is 11.9 Å². The Hall–Kier alpha value is -3.13. The molecule has 1 aliphatic carbocycles. The summed E-state index contributed by atoms with van der Waals surface area (Å²) < 4.78 is 5.57. The van der Waals surface area contributed by atoms with Crippen LogP contribution in [0.5, 0.6) is 0 Å². The van der Waals surface area contributed by atoms with E-state index in [-0.39, 0.29) is 41.9 Å². The van der Waals surface area contributed by atoms with Crippen LogP contribution in [0.25, 0.3) is 0 Å². The van der Waals surface area contributed by atoms with Crippen LogP contribution in [-0.4, -0.2) is 28.9 Å². The molecule has 2 aromatic carbocycles. The third kappa shape index (κ3) is 3.72. The summed E-state index contributed by atoms with van der Waals surface area (Å²) >= 11 is 0. The van der Waals surface area contributed by atoms with Gasteiger partial charge in [-0.2, -0.15) is 5.26 Å². The molecule has 2 unspecified atom stereocenters. The Balaban J connectivity index is 1.25. The second kappa shape index (κ2) is 7.85. The average molecular weight is 415 g/mol. The molecule has 3 fully saturated rings. The summed E-state index contributed by atoms with van der Waals surface area (Å²) in [6, 6.07) is 19.9. The molecule has 2 atom stereocenters. The van der Waals surface area contributed by atoms with E-state index in [4.69, 9.17) is 4.74 Å². The second-order valence-electron chi connectivity index (χ2n) is 9.14. The molecule has 0 aromatic heterocycles. The molecule has 2 heterocycles. The van der Waals surface area contributed by atoms with Gasteiger partial charge in [0, 0.05) is 23.6 Å². The first-order chi connectivity index (χ1) is 15.1.